The van der Waals surface area contributed by atoms with Crippen molar-refractivity contribution in [2.24, 2.45) is 0 Å². The molecule has 84 valence electrons. The standard InChI is InChI=1S/C12H19NOS/c1-4-5-6-7-11(13-2)12-8-10(14-3)9-15-12/h4,8-9,11,13H,1,5-7H2,2-3H3. The van der Waals surface area contributed by atoms with Crippen LogP contribution in [0.4, 0.5) is 0 Å². The summed E-state index contributed by atoms with van der Waals surface area (Å²) in [5.41, 5.74) is 0. The summed E-state index contributed by atoms with van der Waals surface area (Å²) < 4.78 is 5.18. The Morgan fingerprint density at radius 1 is 1.67 bits per heavy atom. The van der Waals surface area contributed by atoms with Crippen LogP contribution in [0.3, 0.4) is 0 Å². The summed E-state index contributed by atoms with van der Waals surface area (Å²) in [6, 6.07) is 2.55. The van der Waals surface area contributed by atoms with Gasteiger partial charge in [0.25, 0.3) is 0 Å². The number of ether oxygens (including phenoxy) is 1. The van der Waals surface area contributed by atoms with Gasteiger partial charge in [0.05, 0.1) is 7.11 Å². The molecule has 0 aliphatic carbocycles. The predicted molar refractivity (Wildman–Crippen MR) is 66.7 cm³/mol. The van der Waals surface area contributed by atoms with Crippen molar-refractivity contribution >= 4 is 11.3 Å². The summed E-state index contributed by atoms with van der Waals surface area (Å²) in [7, 11) is 3.71. The van der Waals surface area contributed by atoms with Crippen LogP contribution in [0.5, 0.6) is 5.75 Å². The number of unbranched alkanes of at least 4 members (excludes halogenated alkanes) is 1. The number of methoxy groups -OCH3 is 1. The van der Waals surface area contributed by atoms with E-state index in [9.17, 15) is 0 Å². The lowest BCUT2D eigenvalue weighted by atomic mass is 10.1. The number of thiophene rings is 1. The van der Waals surface area contributed by atoms with Crippen molar-refractivity contribution in [1.82, 2.24) is 5.32 Å². The maximum atomic E-state index is 5.18. The van der Waals surface area contributed by atoms with Gasteiger partial charge in [0.2, 0.25) is 0 Å². The van der Waals surface area contributed by atoms with Crippen molar-refractivity contribution in [2.45, 2.75) is 25.3 Å². The van der Waals surface area contributed by atoms with Crippen LogP contribution in [0, 0.1) is 0 Å². The first kappa shape index (κ1) is 12.3. The fourth-order valence-corrected chi connectivity index (χ4v) is 2.52. The number of hydrogen-bond acceptors (Lipinski definition) is 3. The van der Waals surface area contributed by atoms with Crippen LogP contribution in [0.25, 0.3) is 0 Å². The van der Waals surface area contributed by atoms with Crippen molar-refractivity contribution in [1.29, 1.82) is 0 Å². The van der Waals surface area contributed by atoms with Gasteiger partial charge >= 0.3 is 0 Å². The Morgan fingerprint density at radius 2 is 2.47 bits per heavy atom. The van der Waals surface area contributed by atoms with Crippen LogP contribution in [-0.4, -0.2) is 14.2 Å². The van der Waals surface area contributed by atoms with Crippen LogP contribution in [0.2, 0.25) is 0 Å². The summed E-state index contributed by atoms with van der Waals surface area (Å²) >= 11 is 1.75. The topological polar surface area (TPSA) is 21.3 Å². The van der Waals surface area contributed by atoms with E-state index in [4.69, 9.17) is 4.74 Å². The van der Waals surface area contributed by atoms with Gasteiger partial charge in [-0.3, -0.25) is 0 Å². The van der Waals surface area contributed by atoms with Crippen molar-refractivity contribution < 1.29 is 4.74 Å². The zero-order valence-electron chi connectivity index (χ0n) is 9.45. The molecule has 0 aliphatic rings. The van der Waals surface area contributed by atoms with E-state index in [1.54, 1.807) is 18.4 Å². The first-order valence-corrected chi connectivity index (χ1v) is 6.10. The van der Waals surface area contributed by atoms with E-state index in [2.05, 4.69) is 18.0 Å². The zero-order valence-corrected chi connectivity index (χ0v) is 10.3. The molecule has 0 saturated carbocycles. The van der Waals surface area contributed by atoms with Crippen LogP contribution < -0.4 is 10.1 Å². The highest BCUT2D eigenvalue weighted by Gasteiger charge is 2.11. The molecule has 3 heteroatoms. The number of allylic oxidation sites excluding steroid dienone is 1. The molecule has 0 aliphatic heterocycles. The van der Waals surface area contributed by atoms with Crippen LogP contribution in [0.15, 0.2) is 24.1 Å². The quantitative estimate of drug-likeness (QED) is 0.567. The van der Waals surface area contributed by atoms with E-state index in [0.717, 1.165) is 18.6 Å². The van der Waals surface area contributed by atoms with Crippen molar-refractivity contribution in [3.8, 4) is 5.75 Å². The monoisotopic (exact) mass is 225 g/mol. The fraction of sp³-hybridized carbons (Fsp3) is 0.500. The molecule has 0 saturated heterocycles. The minimum Gasteiger partial charge on any atom is -0.496 e. The first-order chi connectivity index (χ1) is 7.31. The lowest BCUT2D eigenvalue weighted by Gasteiger charge is -2.13. The Labute approximate surface area is 96.0 Å². The van der Waals surface area contributed by atoms with Gasteiger partial charge < -0.3 is 10.1 Å². The molecule has 2 nitrogen and oxygen atoms in total. The van der Waals surface area contributed by atoms with E-state index in [1.165, 1.54) is 11.3 Å². The Balaban J connectivity index is 2.53. The second-order valence-corrected chi connectivity index (χ2v) is 4.39. The van der Waals surface area contributed by atoms with Gasteiger partial charge in [0, 0.05) is 16.3 Å². The highest BCUT2D eigenvalue weighted by molar-refractivity contribution is 7.10. The van der Waals surface area contributed by atoms with Gasteiger partial charge in [0.15, 0.2) is 0 Å². The second-order valence-electron chi connectivity index (χ2n) is 3.45. The summed E-state index contributed by atoms with van der Waals surface area (Å²) in [6.45, 7) is 3.74. The molecular weight excluding hydrogens is 206 g/mol. The van der Waals surface area contributed by atoms with Crippen molar-refractivity contribution in [3.05, 3.63) is 29.0 Å². The minimum atomic E-state index is 0.443. The highest BCUT2D eigenvalue weighted by Crippen LogP contribution is 2.29. The predicted octanol–water partition coefficient (Wildman–Crippen LogP) is 3.37. The molecule has 0 amide bonds. The number of hydrogen-bond donors (Lipinski definition) is 1. The molecule has 1 aromatic heterocycles. The van der Waals surface area contributed by atoms with Crippen molar-refractivity contribution in [2.75, 3.05) is 14.2 Å². The molecule has 0 fully saturated rings. The summed E-state index contributed by atoms with van der Waals surface area (Å²) in [5.74, 6) is 0.957. The van der Waals surface area contributed by atoms with E-state index in [0.29, 0.717) is 6.04 Å². The molecule has 1 atom stereocenters. The minimum absolute atomic E-state index is 0.443. The Morgan fingerprint density at radius 3 is 3.00 bits per heavy atom. The molecule has 15 heavy (non-hydrogen) atoms. The summed E-state index contributed by atoms with van der Waals surface area (Å²) in [4.78, 5) is 1.35. The maximum Gasteiger partial charge on any atom is 0.129 e. The largest absolute Gasteiger partial charge is 0.496 e. The number of rotatable bonds is 7. The van der Waals surface area contributed by atoms with E-state index in [1.807, 2.05) is 18.5 Å². The molecule has 1 aromatic rings. The molecule has 0 radical (unpaired) electrons. The Bertz CT molecular complexity index is 296. The third kappa shape index (κ3) is 3.68. The van der Waals surface area contributed by atoms with E-state index >= 15 is 0 Å². The Kier molecular flexibility index (Phi) is 5.43. The second kappa shape index (κ2) is 6.64. The molecule has 0 spiro atoms. The Hall–Kier alpha value is -0.800. The van der Waals surface area contributed by atoms with Gasteiger partial charge in [0.1, 0.15) is 5.75 Å². The van der Waals surface area contributed by atoms with Crippen LogP contribution >= 0.6 is 11.3 Å². The molecular formula is C12H19NOS. The summed E-state index contributed by atoms with van der Waals surface area (Å²) in [5, 5.41) is 5.38. The molecule has 1 N–H and O–H groups in total. The lowest BCUT2D eigenvalue weighted by Crippen LogP contribution is -2.14. The third-order valence-corrected chi connectivity index (χ3v) is 3.45. The number of nitrogens with one attached hydrogen (secondary N) is 1. The van der Waals surface area contributed by atoms with Crippen LogP contribution in [0.1, 0.15) is 30.2 Å². The molecule has 1 rings (SSSR count). The average molecular weight is 225 g/mol. The van der Waals surface area contributed by atoms with Gasteiger partial charge in [-0.05, 0) is 32.4 Å². The van der Waals surface area contributed by atoms with Gasteiger partial charge in [-0.15, -0.1) is 17.9 Å². The smallest absolute Gasteiger partial charge is 0.129 e. The molecule has 0 aromatic carbocycles. The van der Waals surface area contributed by atoms with Crippen LogP contribution in [-0.2, 0) is 0 Å². The molecule has 1 unspecified atom stereocenters. The fourth-order valence-electron chi connectivity index (χ4n) is 1.52. The highest BCUT2D eigenvalue weighted by atomic mass is 32.1. The average Bonchev–Trinajstić information content (AvgIpc) is 2.73. The normalized spacial score (nSPS) is 12.4. The third-order valence-electron chi connectivity index (χ3n) is 2.42. The van der Waals surface area contributed by atoms with Gasteiger partial charge in [-0.25, -0.2) is 0 Å². The maximum absolute atomic E-state index is 5.18. The zero-order chi connectivity index (χ0) is 11.1. The SMILES string of the molecule is C=CCCCC(NC)c1cc(OC)cs1. The van der Waals surface area contributed by atoms with E-state index < -0.39 is 0 Å². The van der Waals surface area contributed by atoms with Gasteiger partial charge in [-0.1, -0.05) is 6.08 Å². The molecule has 0 bridgehead atoms. The molecule has 1 heterocycles. The van der Waals surface area contributed by atoms with E-state index in [-0.39, 0.29) is 0 Å². The lowest BCUT2D eigenvalue weighted by molar-refractivity contribution is 0.415. The van der Waals surface area contributed by atoms with Crippen molar-refractivity contribution in [3.63, 3.8) is 0 Å². The first-order valence-electron chi connectivity index (χ1n) is 5.22. The van der Waals surface area contributed by atoms with Gasteiger partial charge in [-0.2, -0.15) is 0 Å². The summed E-state index contributed by atoms with van der Waals surface area (Å²) in [6.07, 6.45) is 5.38.